The van der Waals surface area contributed by atoms with Crippen LogP contribution in [0.2, 0.25) is 0 Å². The first-order valence-corrected chi connectivity index (χ1v) is 21.0. The fourth-order valence-electron chi connectivity index (χ4n) is 6.63. The van der Waals surface area contributed by atoms with Gasteiger partial charge in [-0.25, -0.2) is 0 Å². The summed E-state index contributed by atoms with van der Waals surface area (Å²) in [5, 5.41) is 18.3. The Bertz CT molecular complexity index is 814. The molecular weight excluding hydrogens is 600 g/mol. The normalized spacial score (nSPS) is 13.2. The average molecular weight is 675 g/mol. The summed E-state index contributed by atoms with van der Waals surface area (Å²) in [5.41, 5.74) is 0. The maximum atomic E-state index is 11.6. The molecule has 0 aromatic carbocycles. The van der Waals surface area contributed by atoms with Crippen LogP contribution in [0.1, 0.15) is 225 Å². The Morgan fingerprint density at radius 1 is 0.435 bits per heavy atom. The van der Waals surface area contributed by atoms with Crippen molar-refractivity contribution < 1.29 is 32.8 Å². The summed E-state index contributed by atoms with van der Waals surface area (Å²) in [6.45, 7) is 2.29. The predicted octanol–water partition coefficient (Wildman–Crippen LogP) is 12.1. The molecule has 0 fully saturated rings. The standard InChI is InChI=1S/C38H74O7S/c1-2-3-4-5-6-7-8-9-10-11-12-13-14-15-16-17-18-19-20-21-22-23-24-25-26-27-28-29-30-31-32-33-34-38(37(41)42,35-36(39)40)46(43,44)45/h2-35H2,1H3,(H,39,40)(H,41,42)(H,43,44,45). The van der Waals surface area contributed by atoms with Gasteiger partial charge in [0, 0.05) is 0 Å². The first-order chi connectivity index (χ1) is 22.2. The summed E-state index contributed by atoms with van der Waals surface area (Å²) in [7, 11) is -5.03. The second-order valence-corrected chi connectivity index (χ2v) is 15.8. The Morgan fingerprint density at radius 3 is 0.826 bits per heavy atom. The number of hydrogen-bond donors (Lipinski definition) is 3. The molecule has 0 aromatic rings. The minimum atomic E-state index is -5.03. The van der Waals surface area contributed by atoms with E-state index in [0.29, 0.717) is 6.42 Å². The molecule has 46 heavy (non-hydrogen) atoms. The van der Waals surface area contributed by atoms with Gasteiger partial charge < -0.3 is 10.2 Å². The zero-order valence-electron chi connectivity index (χ0n) is 29.9. The van der Waals surface area contributed by atoms with Crippen molar-refractivity contribution in [3.8, 4) is 0 Å². The van der Waals surface area contributed by atoms with Crippen molar-refractivity contribution >= 4 is 22.1 Å². The minimum Gasteiger partial charge on any atom is -0.481 e. The maximum Gasteiger partial charge on any atom is 0.328 e. The molecular formula is C38H74O7S. The van der Waals surface area contributed by atoms with Gasteiger partial charge in [0.1, 0.15) is 0 Å². The zero-order chi connectivity index (χ0) is 34.2. The van der Waals surface area contributed by atoms with E-state index < -0.39 is 39.6 Å². The van der Waals surface area contributed by atoms with Crippen LogP contribution in [0.15, 0.2) is 0 Å². The number of carboxylic acids is 2. The molecule has 1 atom stereocenters. The number of rotatable bonds is 37. The number of carboxylic acid groups (broad SMARTS) is 2. The smallest absolute Gasteiger partial charge is 0.328 e. The summed E-state index contributed by atoms with van der Waals surface area (Å²) < 4.78 is 30.0. The van der Waals surface area contributed by atoms with Crippen molar-refractivity contribution in [1.82, 2.24) is 0 Å². The van der Waals surface area contributed by atoms with Gasteiger partial charge >= 0.3 is 11.9 Å². The third-order valence-electron chi connectivity index (χ3n) is 9.75. The van der Waals surface area contributed by atoms with Crippen molar-refractivity contribution in [3.05, 3.63) is 0 Å². The Labute approximate surface area is 284 Å². The first kappa shape index (κ1) is 44.9. The molecule has 0 radical (unpaired) electrons. The molecule has 0 aliphatic rings. The van der Waals surface area contributed by atoms with Gasteiger partial charge in [-0.1, -0.05) is 212 Å². The van der Waals surface area contributed by atoms with Crippen LogP contribution < -0.4 is 0 Å². The van der Waals surface area contributed by atoms with Crippen LogP contribution in [0.25, 0.3) is 0 Å². The van der Waals surface area contributed by atoms with E-state index in [-0.39, 0.29) is 6.42 Å². The van der Waals surface area contributed by atoms with E-state index in [1.807, 2.05) is 0 Å². The van der Waals surface area contributed by atoms with Crippen molar-refractivity contribution in [2.75, 3.05) is 0 Å². The largest absolute Gasteiger partial charge is 0.481 e. The Morgan fingerprint density at radius 2 is 0.652 bits per heavy atom. The lowest BCUT2D eigenvalue weighted by molar-refractivity contribution is -0.147. The van der Waals surface area contributed by atoms with Crippen LogP contribution >= 0.6 is 0 Å². The van der Waals surface area contributed by atoms with E-state index in [1.165, 1.54) is 173 Å². The number of carbonyl (C=O) groups is 2. The van der Waals surface area contributed by atoms with E-state index >= 15 is 0 Å². The highest BCUT2D eigenvalue weighted by Crippen LogP contribution is 2.29. The monoisotopic (exact) mass is 675 g/mol. The highest BCUT2D eigenvalue weighted by atomic mass is 32.2. The topological polar surface area (TPSA) is 129 Å². The molecule has 0 aliphatic heterocycles. The summed E-state index contributed by atoms with van der Waals surface area (Å²) in [4.78, 5) is 22.5. The van der Waals surface area contributed by atoms with Gasteiger partial charge in [-0.2, -0.15) is 8.42 Å². The fraction of sp³-hybridized carbons (Fsp3) is 0.947. The molecule has 0 saturated carbocycles. The van der Waals surface area contributed by atoms with Gasteiger partial charge in [0.05, 0.1) is 6.42 Å². The van der Waals surface area contributed by atoms with Crippen LogP contribution in [0.3, 0.4) is 0 Å². The molecule has 0 bridgehead atoms. The molecule has 0 heterocycles. The van der Waals surface area contributed by atoms with Crippen molar-refractivity contribution in [2.45, 2.75) is 230 Å². The molecule has 0 amide bonds. The Balaban J connectivity index is 3.37. The zero-order valence-corrected chi connectivity index (χ0v) is 30.7. The van der Waals surface area contributed by atoms with Gasteiger partial charge in [-0.15, -0.1) is 0 Å². The molecule has 8 heteroatoms. The lowest BCUT2D eigenvalue weighted by atomic mass is 9.96. The van der Waals surface area contributed by atoms with Crippen LogP contribution in [0.4, 0.5) is 0 Å². The van der Waals surface area contributed by atoms with Crippen LogP contribution in [0, 0.1) is 0 Å². The first-order valence-electron chi connectivity index (χ1n) is 19.6. The number of unbranched alkanes of at least 4 members (excludes halogenated alkanes) is 31. The third kappa shape index (κ3) is 25.9. The lowest BCUT2D eigenvalue weighted by Crippen LogP contribution is -2.48. The van der Waals surface area contributed by atoms with E-state index in [1.54, 1.807) is 0 Å². The summed E-state index contributed by atoms with van der Waals surface area (Å²) in [5.74, 6) is -3.37. The van der Waals surface area contributed by atoms with E-state index in [0.717, 1.165) is 19.3 Å². The van der Waals surface area contributed by atoms with Gasteiger partial charge in [-0.05, 0) is 6.42 Å². The maximum absolute atomic E-state index is 11.6. The second kappa shape index (κ2) is 31.1. The third-order valence-corrected chi connectivity index (χ3v) is 11.3. The molecule has 0 aliphatic carbocycles. The molecule has 3 N–H and O–H groups in total. The van der Waals surface area contributed by atoms with E-state index in [4.69, 9.17) is 5.11 Å². The Hall–Kier alpha value is -1.15. The fourth-order valence-corrected chi connectivity index (χ4v) is 7.56. The van der Waals surface area contributed by atoms with Crippen LogP contribution in [-0.4, -0.2) is 39.9 Å². The molecule has 7 nitrogen and oxygen atoms in total. The Kier molecular flexibility index (Phi) is 30.4. The average Bonchev–Trinajstić information content (AvgIpc) is 3.00. The second-order valence-electron chi connectivity index (χ2n) is 14.1. The molecule has 0 spiro atoms. The summed E-state index contributed by atoms with van der Waals surface area (Å²) >= 11 is 0. The van der Waals surface area contributed by atoms with Gasteiger partial charge in [-0.3, -0.25) is 14.1 Å². The predicted molar refractivity (Wildman–Crippen MR) is 192 cm³/mol. The number of hydrogen-bond acceptors (Lipinski definition) is 4. The van der Waals surface area contributed by atoms with Gasteiger partial charge in [0.25, 0.3) is 10.1 Å². The molecule has 274 valence electrons. The quantitative estimate of drug-likeness (QED) is 0.0441. The SMILES string of the molecule is CCCCCCCCCCCCCCCCCCCCCCCCCCCCCCCCCCC(CC(=O)O)(C(=O)O)S(=O)(=O)O. The van der Waals surface area contributed by atoms with Crippen molar-refractivity contribution in [1.29, 1.82) is 0 Å². The highest BCUT2D eigenvalue weighted by Gasteiger charge is 2.51. The van der Waals surface area contributed by atoms with Gasteiger partial charge in [0.15, 0.2) is 0 Å². The van der Waals surface area contributed by atoms with E-state index in [9.17, 15) is 27.7 Å². The lowest BCUT2D eigenvalue weighted by Gasteiger charge is -2.24. The molecule has 0 saturated heterocycles. The summed E-state index contributed by atoms with van der Waals surface area (Å²) in [6, 6.07) is 0. The minimum absolute atomic E-state index is 0.249. The molecule has 0 aromatic heterocycles. The van der Waals surface area contributed by atoms with Crippen LogP contribution in [-0.2, 0) is 19.7 Å². The highest BCUT2D eigenvalue weighted by molar-refractivity contribution is 7.88. The van der Waals surface area contributed by atoms with E-state index in [2.05, 4.69) is 6.92 Å². The number of aliphatic carboxylic acids is 2. The van der Waals surface area contributed by atoms with Crippen molar-refractivity contribution in [2.24, 2.45) is 0 Å². The molecule has 0 rings (SSSR count). The van der Waals surface area contributed by atoms with Gasteiger partial charge in [0.2, 0.25) is 4.75 Å². The van der Waals surface area contributed by atoms with Crippen molar-refractivity contribution in [3.63, 3.8) is 0 Å². The summed E-state index contributed by atoms with van der Waals surface area (Å²) in [6.07, 6.45) is 39.8. The molecule has 1 unspecified atom stereocenters. The van der Waals surface area contributed by atoms with Crippen LogP contribution in [0.5, 0.6) is 0 Å².